The van der Waals surface area contributed by atoms with Gasteiger partial charge >= 0.3 is 0 Å². The Morgan fingerprint density at radius 1 is 1.11 bits per heavy atom. The lowest BCUT2D eigenvalue weighted by Crippen LogP contribution is -1.95. The second-order valence-electron chi connectivity index (χ2n) is 4.66. The first-order valence-corrected chi connectivity index (χ1v) is 7.19. The van der Waals surface area contributed by atoms with Crippen molar-refractivity contribution in [1.82, 2.24) is 4.98 Å². The Morgan fingerprint density at radius 3 is 2.58 bits per heavy atom. The van der Waals surface area contributed by atoms with Gasteiger partial charge in [0, 0.05) is 11.2 Å². The van der Waals surface area contributed by atoms with Crippen molar-refractivity contribution in [2.24, 2.45) is 0 Å². The zero-order valence-corrected chi connectivity index (χ0v) is 12.2. The molecular formula is C16H14BrNO. The van der Waals surface area contributed by atoms with E-state index in [2.05, 4.69) is 52.1 Å². The number of fused-ring (bicyclic) bond motifs is 1. The SMILES string of the molecule is Cc1ccc(C(Br)Cc2nc3ccccc3o2)cc1. The van der Waals surface area contributed by atoms with Crippen LogP contribution in [0.5, 0.6) is 0 Å². The molecule has 0 aliphatic rings. The van der Waals surface area contributed by atoms with Crippen LogP contribution in [0.3, 0.4) is 0 Å². The molecule has 2 nitrogen and oxygen atoms in total. The molecule has 96 valence electrons. The number of para-hydroxylation sites is 2. The first kappa shape index (κ1) is 12.4. The monoisotopic (exact) mass is 315 g/mol. The second kappa shape index (κ2) is 5.17. The molecule has 1 heterocycles. The number of aromatic nitrogens is 1. The molecule has 0 aliphatic heterocycles. The molecule has 0 saturated heterocycles. The molecule has 0 aliphatic carbocycles. The fourth-order valence-electron chi connectivity index (χ4n) is 2.05. The molecule has 2 aromatic carbocycles. The number of hydrogen-bond donors (Lipinski definition) is 0. The van der Waals surface area contributed by atoms with Crippen LogP contribution >= 0.6 is 15.9 Å². The maximum absolute atomic E-state index is 5.74. The average molecular weight is 316 g/mol. The lowest BCUT2D eigenvalue weighted by molar-refractivity contribution is 0.527. The quantitative estimate of drug-likeness (QED) is 0.648. The molecule has 3 aromatic rings. The fraction of sp³-hybridized carbons (Fsp3) is 0.188. The zero-order valence-electron chi connectivity index (χ0n) is 10.6. The van der Waals surface area contributed by atoms with Gasteiger partial charge in [-0.25, -0.2) is 4.98 Å². The molecule has 3 heteroatoms. The minimum absolute atomic E-state index is 0.223. The van der Waals surface area contributed by atoms with Gasteiger partial charge in [0.25, 0.3) is 0 Å². The summed E-state index contributed by atoms with van der Waals surface area (Å²) in [5.74, 6) is 0.767. The number of rotatable bonds is 3. The van der Waals surface area contributed by atoms with E-state index in [1.165, 1.54) is 11.1 Å². The molecule has 0 bridgehead atoms. The molecule has 1 unspecified atom stereocenters. The molecule has 19 heavy (non-hydrogen) atoms. The van der Waals surface area contributed by atoms with Gasteiger partial charge in [-0.3, -0.25) is 0 Å². The van der Waals surface area contributed by atoms with Crippen LogP contribution in [0.2, 0.25) is 0 Å². The van der Waals surface area contributed by atoms with E-state index in [1.54, 1.807) is 0 Å². The van der Waals surface area contributed by atoms with Gasteiger partial charge in [-0.05, 0) is 24.6 Å². The lowest BCUT2D eigenvalue weighted by Gasteiger charge is -2.07. The van der Waals surface area contributed by atoms with Gasteiger partial charge in [-0.2, -0.15) is 0 Å². The second-order valence-corrected chi connectivity index (χ2v) is 5.76. The van der Waals surface area contributed by atoms with Crippen molar-refractivity contribution in [3.05, 3.63) is 65.5 Å². The van der Waals surface area contributed by atoms with Gasteiger partial charge in [0.15, 0.2) is 11.5 Å². The molecule has 1 atom stereocenters. The Kier molecular flexibility index (Phi) is 3.38. The highest BCUT2D eigenvalue weighted by molar-refractivity contribution is 9.09. The molecule has 0 N–H and O–H groups in total. The third-order valence-corrected chi connectivity index (χ3v) is 3.98. The van der Waals surface area contributed by atoms with Gasteiger partial charge in [0.1, 0.15) is 5.52 Å². The molecule has 0 fully saturated rings. The Morgan fingerprint density at radius 2 is 1.84 bits per heavy atom. The summed E-state index contributed by atoms with van der Waals surface area (Å²) < 4.78 is 5.74. The number of hydrogen-bond acceptors (Lipinski definition) is 2. The predicted octanol–water partition coefficient (Wildman–Crippen LogP) is 4.81. The minimum atomic E-state index is 0.223. The molecule has 1 aromatic heterocycles. The molecule has 0 radical (unpaired) electrons. The minimum Gasteiger partial charge on any atom is -0.441 e. The van der Waals surface area contributed by atoms with Crippen molar-refractivity contribution >= 4 is 27.0 Å². The van der Waals surface area contributed by atoms with E-state index in [0.717, 1.165) is 23.4 Å². The van der Waals surface area contributed by atoms with Crippen LogP contribution in [0, 0.1) is 6.92 Å². The summed E-state index contributed by atoms with van der Waals surface area (Å²) in [5.41, 5.74) is 4.28. The Labute approximate surface area is 120 Å². The molecular weight excluding hydrogens is 302 g/mol. The van der Waals surface area contributed by atoms with Crippen molar-refractivity contribution in [3.8, 4) is 0 Å². The molecule has 0 spiro atoms. The van der Waals surface area contributed by atoms with E-state index in [0.29, 0.717) is 0 Å². The molecule has 0 amide bonds. The third kappa shape index (κ3) is 2.71. The van der Waals surface area contributed by atoms with E-state index >= 15 is 0 Å². The van der Waals surface area contributed by atoms with Gasteiger partial charge in [0.05, 0.1) is 0 Å². The predicted molar refractivity (Wildman–Crippen MR) is 80.6 cm³/mol. The zero-order chi connectivity index (χ0) is 13.2. The van der Waals surface area contributed by atoms with Crippen LogP contribution in [0.1, 0.15) is 21.8 Å². The topological polar surface area (TPSA) is 26.0 Å². The van der Waals surface area contributed by atoms with Crippen molar-refractivity contribution in [1.29, 1.82) is 0 Å². The van der Waals surface area contributed by atoms with E-state index in [9.17, 15) is 0 Å². The smallest absolute Gasteiger partial charge is 0.196 e. The number of benzene rings is 2. The highest BCUT2D eigenvalue weighted by atomic mass is 79.9. The van der Waals surface area contributed by atoms with E-state index < -0.39 is 0 Å². The van der Waals surface area contributed by atoms with E-state index in [4.69, 9.17) is 4.42 Å². The number of nitrogens with zero attached hydrogens (tertiary/aromatic N) is 1. The number of halogens is 1. The molecule has 0 saturated carbocycles. The van der Waals surface area contributed by atoms with Crippen LogP contribution in [0.25, 0.3) is 11.1 Å². The molecule has 3 rings (SSSR count). The van der Waals surface area contributed by atoms with Gasteiger partial charge in [-0.15, -0.1) is 0 Å². The van der Waals surface area contributed by atoms with Crippen LogP contribution in [0.4, 0.5) is 0 Å². The first-order chi connectivity index (χ1) is 9.22. The Bertz CT molecular complexity index is 654. The van der Waals surface area contributed by atoms with Crippen molar-refractivity contribution in [2.75, 3.05) is 0 Å². The van der Waals surface area contributed by atoms with Gasteiger partial charge < -0.3 is 4.42 Å². The summed E-state index contributed by atoms with van der Waals surface area (Å²) in [7, 11) is 0. The summed E-state index contributed by atoms with van der Waals surface area (Å²) in [6.07, 6.45) is 0.748. The maximum Gasteiger partial charge on any atom is 0.196 e. The van der Waals surface area contributed by atoms with E-state index in [1.807, 2.05) is 24.3 Å². The third-order valence-electron chi connectivity index (χ3n) is 3.13. The summed E-state index contributed by atoms with van der Waals surface area (Å²) in [6.45, 7) is 2.09. The average Bonchev–Trinajstić information content (AvgIpc) is 2.81. The van der Waals surface area contributed by atoms with Crippen LogP contribution < -0.4 is 0 Å². The van der Waals surface area contributed by atoms with Crippen LogP contribution in [-0.2, 0) is 6.42 Å². The summed E-state index contributed by atoms with van der Waals surface area (Å²) in [4.78, 5) is 4.72. The first-order valence-electron chi connectivity index (χ1n) is 6.27. The summed E-state index contributed by atoms with van der Waals surface area (Å²) >= 11 is 3.70. The van der Waals surface area contributed by atoms with Crippen molar-refractivity contribution in [2.45, 2.75) is 18.2 Å². The fourth-order valence-corrected chi connectivity index (χ4v) is 2.64. The maximum atomic E-state index is 5.74. The number of aryl methyl sites for hydroxylation is 1. The lowest BCUT2D eigenvalue weighted by atomic mass is 10.1. The number of alkyl halides is 1. The highest BCUT2D eigenvalue weighted by Gasteiger charge is 2.13. The normalized spacial score (nSPS) is 12.7. The summed E-state index contributed by atoms with van der Waals surface area (Å²) in [6, 6.07) is 16.4. The Hall–Kier alpha value is -1.61. The van der Waals surface area contributed by atoms with Crippen LogP contribution in [-0.4, -0.2) is 4.98 Å². The van der Waals surface area contributed by atoms with Crippen LogP contribution in [0.15, 0.2) is 52.9 Å². The van der Waals surface area contributed by atoms with E-state index in [-0.39, 0.29) is 4.83 Å². The summed E-state index contributed by atoms with van der Waals surface area (Å²) in [5, 5.41) is 0. The highest BCUT2D eigenvalue weighted by Crippen LogP contribution is 2.28. The van der Waals surface area contributed by atoms with Crippen molar-refractivity contribution in [3.63, 3.8) is 0 Å². The number of oxazole rings is 1. The largest absolute Gasteiger partial charge is 0.441 e. The van der Waals surface area contributed by atoms with Gasteiger partial charge in [-0.1, -0.05) is 57.9 Å². The Balaban J connectivity index is 1.82. The van der Waals surface area contributed by atoms with Gasteiger partial charge in [0.2, 0.25) is 0 Å². The van der Waals surface area contributed by atoms with Crippen molar-refractivity contribution < 1.29 is 4.42 Å². The standard InChI is InChI=1S/C16H14BrNO/c1-11-6-8-12(9-7-11)13(17)10-16-18-14-4-2-3-5-15(14)19-16/h2-9,13H,10H2,1H3.